The minimum Gasteiger partial charge on any atom is -0.461 e. The van der Waals surface area contributed by atoms with Crippen molar-refractivity contribution >= 4 is 17.9 Å². The molecule has 1 aromatic heterocycles. The zero-order chi connectivity index (χ0) is 18.1. The van der Waals surface area contributed by atoms with Crippen LogP contribution in [-0.4, -0.2) is 47.8 Å². The maximum absolute atomic E-state index is 12.5. The first-order valence-corrected chi connectivity index (χ1v) is 9.97. The van der Waals surface area contributed by atoms with E-state index >= 15 is 0 Å². The molecular formula is C21H28N2O3. The highest BCUT2D eigenvalue weighted by atomic mass is 16.3. The first kappa shape index (κ1) is 17.4. The van der Waals surface area contributed by atoms with Crippen LogP contribution in [0.4, 0.5) is 0 Å². The largest absolute Gasteiger partial charge is 0.461 e. The molecule has 2 amide bonds. The maximum atomic E-state index is 12.5. The Hall–Kier alpha value is -2.04. The zero-order valence-electron chi connectivity index (χ0n) is 15.5. The highest BCUT2D eigenvalue weighted by Crippen LogP contribution is 2.47. The lowest BCUT2D eigenvalue weighted by Crippen LogP contribution is -2.51. The molecule has 0 aromatic carbocycles. The summed E-state index contributed by atoms with van der Waals surface area (Å²) in [6, 6.07) is 3.95. The summed E-state index contributed by atoms with van der Waals surface area (Å²) in [5, 5.41) is 0. The average Bonchev–Trinajstić information content (AvgIpc) is 3.11. The summed E-state index contributed by atoms with van der Waals surface area (Å²) in [7, 11) is 0. The topological polar surface area (TPSA) is 53.8 Å². The summed E-state index contributed by atoms with van der Waals surface area (Å²) in [6.07, 6.45) is 8.96. The van der Waals surface area contributed by atoms with Gasteiger partial charge in [-0.3, -0.25) is 9.59 Å². The van der Waals surface area contributed by atoms with E-state index in [9.17, 15) is 9.59 Å². The standard InChI is InChI=1S/C21H28N2O3/c1-15-14-18(15)19-8-6-17(26-19)7-9-20(24)22-10-12-23(13-11-22)21(25)16-4-2-3-5-16/h6-9,15-16,18H,2-5,10-14H2,1H3/b9-7+. The second kappa shape index (κ2) is 7.29. The predicted octanol–water partition coefficient (Wildman–Crippen LogP) is 3.28. The van der Waals surface area contributed by atoms with Gasteiger partial charge >= 0.3 is 0 Å². The van der Waals surface area contributed by atoms with Crippen LogP contribution in [0.1, 0.15) is 56.5 Å². The van der Waals surface area contributed by atoms with Crippen LogP contribution in [0, 0.1) is 11.8 Å². The lowest BCUT2D eigenvalue weighted by atomic mass is 10.1. The van der Waals surface area contributed by atoms with E-state index in [4.69, 9.17) is 4.42 Å². The zero-order valence-corrected chi connectivity index (χ0v) is 15.5. The third-order valence-corrected chi connectivity index (χ3v) is 6.12. The number of nitrogens with zero attached hydrogens (tertiary/aromatic N) is 2. The highest BCUT2D eigenvalue weighted by Gasteiger charge is 2.36. The normalized spacial score (nSPS) is 26.7. The van der Waals surface area contributed by atoms with E-state index in [2.05, 4.69) is 6.92 Å². The van der Waals surface area contributed by atoms with Gasteiger partial charge in [0.25, 0.3) is 0 Å². The minimum absolute atomic E-state index is 0.00398. The Morgan fingerprint density at radius 3 is 2.38 bits per heavy atom. The number of hydrogen-bond acceptors (Lipinski definition) is 3. The van der Waals surface area contributed by atoms with Gasteiger partial charge in [-0.15, -0.1) is 0 Å². The van der Waals surface area contributed by atoms with Crippen molar-refractivity contribution in [1.29, 1.82) is 0 Å². The van der Waals surface area contributed by atoms with E-state index in [-0.39, 0.29) is 11.8 Å². The van der Waals surface area contributed by atoms with Crippen molar-refractivity contribution in [2.75, 3.05) is 26.2 Å². The van der Waals surface area contributed by atoms with Crippen LogP contribution in [0.2, 0.25) is 0 Å². The van der Waals surface area contributed by atoms with E-state index in [1.54, 1.807) is 12.2 Å². The molecule has 5 heteroatoms. The molecule has 3 fully saturated rings. The summed E-state index contributed by atoms with van der Waals surface area (Å²) in [5.41, 5.74) is 0. The molecule has 1 aromatic rings. The molecule has 4 rings (SSSR count). The summed E-state index contributed by atoms with van der Waals surface area (Å²) in [5.74, 6) is 3.55. The van der Waals surface area contributed by atoms with Crippen LogP contribution < -0.4 is 0 Å². The molecule has 2 unspecified atom stereocenters. The van der Waals surface area contributed by atoms with Crippen LogP contribution in [-0.2, 0) is 9.59 Å². The van der Waals surface area contributed by atoms with E-state index in [1.807, 2.05) is 21.9 Å². The fourth-order valence-electron chi connectivity index (χ4n) is 4.21. The number of carbonyl (C=O) groups excluding carboxylic acids is 2. The van der Waals surface area contributed by atoms with Gasteiger partial charge in [-0.25, -0.2) is 0 Å². The molecule has 1 aliphatic heterocycles. The van der Waals surface area contributed by atoms with Gasteiger partial charge in [-0.2, -0.15) is 0 Å². The number of amides is 2. The smallest absolute Gasteiger partial charge is 0.246 e. The Bertz CT molecular complexity index is 694. The maximum Gasteiger partial charge on any atom is 0.246 e. The van der Waals surface area contributed by atoms with Crippen LogP contribution in [0.5, 0.6) is 0 Å². The molecular weight excluding hydrogens is 328 g/mol. The third kappa shape index (κ3) is 3.71. The minimum atomic E-state index is -0.00398. The molecule has 0 N–H and O–H groups in total. The second-order valence-electron chi connectivity index (χ2n) is 8.02. The summed E-state index contributed by atoms with van der Waals surface area (Å²) in [6.45, 7) is 4.76. The van der Waals surface area contributed by atoms with Gasteiger partial charge in [-0.05, 0) is 43.4 Å². The molecule has 2 heterocycles. The van der Waals surface area contributed by atoms with Gasteiger partial charge in [0.15, 0.2) is 0 Å². The fourth-order valence-corrected chi connectivity index (χ4v) is 4.21. The van der Waals surface area contributed by atoms with E-state index in [1.165, 1.54) is 19.3 Å². The van der Waals surface area contributed by atoms with Gasteiger partial charge < -0.3 is 14.2 Å². The Morgan fingerprint density at radius 2 is 1.73 bits per heavy atom. The van der Waals surface area contributed by atoms with Crippen molar-refractivity contribution in [3.63, 3.8) is 0 Å². The van der Waals surface area contributed by atoms with Gasteiger partial charge in [0.05, 0.1) is 0 Å². The molecule has 140 valence electrons. The molecule has 2 atom stereocenters. The van der Waals surface area contributed by atoms with Crippen LogP contribution in [0.15, 0.2) is 22.6 Å². The molecule has 0 spiro atoms. The summed E-state index contributed by atoms with van der Waals surface area (Å²) in [4.78, 5) is 28.6. The van der Waals surface area contributed by atoms with Crippen molar-refractivity contribution in [3.8, 4) is 0 Å². The summed E-state index contributed by atoms with van der Waals surface area (Å²) < 4.78 is 5.81. The molecule has 1 saturated heterocycles. The number of hydrogen-bond donors (Lipinski definition) is 0. The van der Waals surface area contributed by atoms with Gasteiger partial charge in [0.1, 0.15) is 11.5 Å². The third-order valence-electron chi connectivity index (χ3n) is 6.12. The lowest BCUT2D eigenvalue weighted by Gasteiger charge is -2.35. The van der Waals surface area contributed by atoms with E-state index < -0.39 is 0 Å². The fraction of sp³-hybridized carbons (Fsp3) is 0.619. The molecule has 5 nitrogen and oxygen atoms in total. The van der Waals surface area contributed by atoms with Crippen molar-refractivity contribution in [3.05, 3.63) is 29.7 Å². The first-order valence-electron chi connectivity index (χ1n) is 9.97. The molecule has 0 radical (unpaired) electrons. The number of piperazine rings is 1. The highest BCUT2D eigenvalue weighted by molar-refractivity contribution is 5.91. The van der Waals surface area contributed by atoms with E-state index in [0.29, 0.717) is 43.9 Å². The molecule has 2 aliphatic carbocycles. The van der Waals surface area contributed by atoms with Crippen molar-refractivity contribution in [2.24, 2.45) is 11.8 Å². The second-order valence-corrected chi connectivity index (χ2v) is 8.02. The molecule has 0 bridgehead atoms. The number of furan rings is 1. The monoisotopic (exact) mass is 356 g/mol. The van der Waals surface area contributed by atoms with Crippen molar-refractivity contribution < 1.29 is 14.0 Å². The summed E-state index contributed by atoms with van der Waals surface area (Å²) >= 11 is 0. The Labute approximate surface area is 155 Å². The Kier molecular flexibility index (Phi) is 4.88. The molecule has 26 heavy (non-hydrogen) atoms. The molecule has 2 saturated carbocycles. The van der Waals surface area contributed by atoms with Crippen LogP contribution in [0.25, 0.3) is 6.08 Å². The van der Waals surface area contributed by atoms with Crippen molar-refractivity contribution in [1.82, 2.24) is 9.80 Å². The van der Waals surface area contributed by atoms with Crippen LogP contribution >= 0.6 is 0 Å². The average molecular weight is 356 g/mol. The van der Waals surface area contributed by atoms with Crippen molar-refractivity contribution in [2.45, 2.75) is 44.9 Å². The van der Waals surface area contributed by atoms with E-state index in [0.717, 1.165) is 24.4 Å². The lowest BCUT2D eigenvalue weighted by molar-refractivity contribution is -0.140. The predicted molar refractivity (Wildman–Crippen MR) is 99.4 cm³/mol. The number of rotatable bonds is 4. The van der Waals surface area contributed by atoms with Gasteiger partial charge in [0.2, 0.25) is 11.8 Å². The number of carbonyl (C=O) groups is 2. The SMILES string of the molecule is CC1CC1c1ccc(/C=C/C(=O)N2CCN(C(=O)C3CCCC3)CC2)o1. The molecule has 3 aliphatic rings. The van der Waals surface area contributed by atoms with Gasteiger partial charge in [0, 0.05) is 44.1 Å². The van der Waals surface area contributed by atoms with Crippen LogP contribution in [0.3, 0.4) is 0 Å². The Balaban J connectivity index is 1.26. The quantitative estimate of drug-likeness (QED) is 0.778. The first-order chi connectivity index (χ1) is 12.6. The Morgan fingerprint density at radius 1 is 1.08 bits per heavy atom. The van der Waals surface area contributed by atoms with Gasteiger partial charge in [-0.1, -0.05) is 19.8 Å².